The summed E-state index contributed by atoms with van der Waals surface area (Å²) in [5, 5.41) is 3.44. The number of aromatic nitrogens is 2. The highest BCUT2D eigenvalue weighted by Crippen LogP contribution is 2.27. The van der Waals surface area contributed by atoms with E-state index in [2.05, 4.69) is 17.4 Å². The van der Waals surface area contributed by atoms with E-state index < -0.39 is 0 Å². The zero-order chi connectivity index (χ0) is 17.8. The molecule has 4 nitrogen and oxygen atoms in total. The zero-order valence-electron chi connectivity index (χ0n) is 14.5. The van der Waals surface area contributed by atoms with Gasteiger partial charge in [0.05, 0.1) is 18.1 Å². The van der Waals surface area contributed by atoms with E-state index in [0.717, 1.165) is 39.4 Å². The molecule has 0 spiro atoms. The fraction of sp³-hybridized carbons (Fsp3) is 0.0909. The van der Waals surface area contributed by atoms with Gasteiger partial charge in [-0.05, 0) is 29.8 Å². The molecule has 1 N–H and O–H groups in total. The Labute approximate surface area is 152 Å². The van der Waals surface area contributed by atoms with E-state index in [1.807, 2.05) is 66.7 Å². The minimum atomic E-state index is 0.664. The van der Waals surface area contributed by atoms with Gasteiger partial charge in [-0.1, -0.05) is 54.6 Å². The van der Waals surface area contributed by atoms with Gasteiger partial charge in [0.25, 0.3) is 0 Å². The first-order chi connectivity index (χ1) is 12.8. The second kappa shape index (κ2) is 7.23. The summed E-state index contributed by atoms with van der Waals surface area (Å²) in [5.41, 5.74) is 4.83. The molecule has 128 valence electrons. The SMILES string of the molecule is COc1ccc(CNc2nc3ccccc3nc2-c2ccccc2)cc1. The van der Waals surface area contributed by atoms with Gasteiger partial charge < -0.3 is 10.1 Å². The van der Waals surface area contributed by atoms with Crippen molar-refractivity contribution in [3.8, 4) is 17.0 Å². The van der Waals surface area contributed by atoms with Gasteiger partial charge in [0.2, 0.25) is 0 Å². The van der Waals surface area contributed by atoms with Crippen LogP contribution in [0.5, 0.6) is 5.75 Å². The number of anilines is 1. The molecule has 26 heavy (non-hydrogen) atoms. The molecule has 0 fully saturated rings. The van der Waals surface area contributed by atoms with Crippen molar-refractivity contribution < 1.29 is 4.74 Å². The molecular formula is C22H19N3O. The number of hydrogen-bond acceptors (Lipinski definition) is 4. The maximum Gasteiger partial charge on any atom is 0.153 e. The first kappa shape index (κ1) is 16.1. The van der Waals surface area contributed by atoms with Crippen molar-refractivity contribution in [1.82, 2.24) is 9.97 Å². The van der Waals surface area contributed by atoms with E-state index in [1.165, 1.54) is 0 Å². The van der Waals surface area contributed by atoms with Crippen LogP contribution in [-0.4, -0.2) is 17.1 Å². The van der Waals surface area contributed by atoms with Crippen molar-refractivity contribution >= 4 is 16.9 Å². The molecule has 0 unspecified atom stereocenters. The molecule has 0 aliphatic heterocycles. The summed E-state index contributed by atoms with van der Waals surface area (Å²) < 4.78 is 5.21. The standard InChI is InChI=1S/C22H19N3O/c1-26-18-13-11-16(12-14-18)15-23-22-21(17-7-3-2-4-8-17)24-19-9-5-6-10-20(19)25-22/h2-14H,15H2,1H3,(H,23,25). The molecule has 4 heteroatoms. The normalized spacial score (nSPS) is 10.7. The summed E-state index contributed by atoms with van der Waals surface area (Å²) in [4.78, 5) is 9.64. The average Bonchev–Trinajstić information content (AvgIpc) is 2.72. The molecule has 0 amide bonds. The lowest BCUT2D eigenvalue weighted by molar-refractivity contribution is 0.414. The summed E-state index contributed by atoms with van der Waals surface area (Å²) in [6.07, 6.45) is 0. The number of benzene rings is 3. The van der Waals surface area contributed by atoms with Crippen LogP contribution in [0.3, 0.4) is 0 Å². The maximum atomic E-state index is 5.21. The van der Waals surface area contributed by atoms with E-state index in [0.29, 0.717) is 6.54 Å². The second-order valence-corrected chi connectivity index (χ2v) is 5.98. The second-order valence-electron chi connectivity index (χ2n) is 5.98. The quantitative estimate of drug-likeness (QED) is 0.560. The summed E-state index contributed by atoms with van der Waals surface area (Å²) >= 11 is 0. The summed E-state index contributed by atoms with van der Waals surface area (Å²) in [6, 6.07) is 26.1. The Hall–Kier alpha value is -3.40. The molecule has 4 rings (SSSR count). The van der Waals surface area contributed by atoms with Crippen LogP contribution in [0.2, 0.25) is 0 Å². The third kappa shape index (κ3) is 3.35. The van der Waals surface area contributed by atoms with Crippen LogP contribution in [-0.2, 0) is 6.54 Å². The Bertz CT molecular complexity index is 1010. The van der Waals surface area contributed by atoms with Crippen LogP contribution in [0.1, 0.15) is 5.56 Å². The first-order valence-corrected chi connectivity index (χ1v) is 8.52. The number of ether oxygens (including phenoxy) is 1. The van der Waals surface area contributed by atoms with E-state index in [1.54, 1.807) is 7.11 Å². The number of para-hydroxylation sites is 2. The number of nitrogens with zero attached hydrogens (tertiary/aromatic N) is 2. The van der Waals surface area contributed by atoms with E-state index in [-0.39, 0.29) is 0 Å². The van der Waals surface area contributed by atoms with Gasteiger partial charge in [-0.25, -0.2) is 9.97 Å². The van der Waals surface area contributed by atoms with Gasteiger partial charge in [0.1, 0.15) is 11.4 Å². The van der Waals surface area contributed by atoms with Gasteiger partial charge in [-0.2, -0.15) is 0 Å². The number of rotatable bonds is 5. The Morgan fingerprint density at radius 2 is 1.42 bits per heavy atom. The highest BCUT2D eigenvalue weighted by atomic mass is 16.5. The monoisotopic (exact) mass is 341 g/mol. The summed E-state index contributed by atoms with van der Waals surface area (Å²) in [7, 11) is 1.67. The smallest absolute Gasteiger partial charge is 0.153 e. The number of nitrogens with one attached hydrogen (secondary N) is 1. The van der Waals surface area contributed by atoms with Gasteiger partial charge in [0.15, 0.2) is 5.82 Å². The van der Waals surface area contributed by atoms with Gasteiger partial charge in [-0.15, -0.1) is 0 Å². The topological polar surface area (TPSA) is 47.0 Å². The lowest BCUT2D eigenvalue weighted by atomic mass is 10.1. The van der Waals surface area contributed by atoms with Crippen LogP contribution >= 0.6 is 0 Å². The van der Waals surface area contributed by atoms with Crippen molar-refractivity contribution in [1.29, 1.82) is 0 Å². The maximum absolute atomic E-state index is 5.21. The Kier molecular flexibility index (Phi) is 4.48. The minimum absolute atomic E-state index is 0.664. The fourth-order valence-electron chi connectivity index (χ4n) is 2.85. The molecule has 3 aromatic carbocycles. The average molecular weight is 341 g/mol. The third-order valence-corrected chi connectivity index (χ3v) is 4.24. The Balaban J connectivity index is 1.69. The van der Waals surface area contributed by atoms with E-state index >= 15 is 0 Å². The Morgan fingerprint density at radius 1 is 0.769 bits per heavy atom. The molecule has 0 radical (unpaired) electrons. The van der Waals surface area contributed by atoms with E-state index in [4.69, 9.17) is 14.7 Å². The van der Waals surface area contributed by atoms with Crippen LogP contribution < -0.4 is 10.1 Å². The molecular weight excluding hydrogens is 322 g/mol. The number of hydrogen-bond donors (Lipinski definition) is 1. The van der Waals surface area contributed by atoms with Crippen molar-refractivity contribution in [2.45, 2.75) is 6.54 Å². The van der Waals surface area contributed by atoms with Crippen molar-refractivity contribution in [3.05, 3.63) is 84.4 Å². The molecule has 4 aromatic rings. The third-order valence-electron chi connectivity index (χ3n) is 4.24. The first-order valence-electron chi connectivity index (χ1n) is 8.52. The Morgan fingerprint density at radius 3 is 2.12 bits per heavy atom. The van der Waals surface area contributed by atoms with Gasteiger partial charge >= 0.3 is 0 Å². The molecule has 0 atom stereocenters. The lowest BCUT2D eigenvalue weighted by Crippen LogP contribution is -2.05. The lowest BCUT2D eigenvalue weighted by Gasteiger charge is -2.12. The summed E-state index contributed by atoms with van der Waals surface area (Å²) in [5.74, 6) is 1.63. The highest BCUT2D eigenvalue weighted by Gasteiger charge is 2.10. The predicted molar refractivity (Wildman–Crippen MR) is 105 cm³/mol. The van der Waals surface area contributed by atoms with Crippen molar-refractivity contribution in [2.75, 3.05) is 12.4 Å². The molecule has 0 bridgehead atoms. The van der Waals surface area contributed by atoms with Gasteiger partial charge in [-0.3, -0.25) is 0 Å². The van der Waals surface area contributed by atoms with Crippen LogP contribution in [0.15, 0.2) is 78.9 Å². The van der Waals surface area contributed by atoms with Crippen molar-refractivity contribution in [3.63, 3.8) is 0 Å². The van der Waals surface area contributed by atoms with Crippen LogP contribution in [0, 0.1) is 0 Å². The van der Waals surface area contributed by atoms with Gasteiger partial charge in [0, 0.05) is 12.1 Å². The fourth-order valence-corrected chi connectivity index (χ4v) is 2.85. The summed E-state index contributed by atoms with van der Waals surface area (Å²) in [6.45, 7) is 0.664. The minimum Gasteiger partial charge on any atom is -0.497 e. The number of fused-ring (bicyclic) bond motifs is 1. The largest absolute Gasteiger partial charge is 0.497 e. The van der Waals surface area contributed by atoms with Crippen LogP contribution in [0.4, 0.5) is 5.82 Å². The molecule has 1 heterocycles. The van der Waals surface area contributed by atoms with Crippen molar-refractivity contribution in [2.24, 2.45) is 0 Å². The highest BCUT2D eigenvalue weighted by molar-refractivity contribution is 5.83. The molecule has 0 saturated carbocycles. The number of methoxy groups -OCH3 is 1. The molecule has 0 aliphatic rings. The molecule has 1 aromatic heterocycles. The molecule has 0 aliphatic carbocycles. The van der Waals surface area contributed by atoms with E-state index in [9.17, 15) is 0 Å². The van der Waals surface area contributed by atoms with Crippen LogP contribution in [0.25, 0.3) is 22.3 Å². The predicted octanol–water partition coefficient (Wildman–Crippen LogP) is 4.92. The molecule has 0 saturated heterocycles. The zero-order valence-corrected chi connectivity index (χ0v) is 14.5.